The van der Waals surface area contributed by atoms with Gasteiger partial charge in [0.1, 0.15) is 21.2 Å². The first-order valence-electron chi connectivity index (χ1n) is 7.26. The lowest BCUT2D eigenvalue weighted by molar-refractivity contribution is -0.140. The quantitative estimate of drug-likeness (QED) is 0.551. The Bertz CT molecular complexity index is 1030. The van der Waals surface area contributed by atoms with Gasteiger partial charge in [-0.1, -0.05) is 6.07 Å². The Balaban J connectivity index is 1.94. The van der Waals surface area contributed by atoms with E-state index in [0.29, 0.717) is 10.9 Å². The summed E-state index contributed by atoms with van der Waals surface area (Å²) in [7, 11) is 0. The Hall–Kier alpha value is -2.94. The first-order chi connectivity index (χ1) is 12.2. The molecule has 0 aliphatic heterocycles. The first-order valence-corrected chi connectivity index (χ1v) is 8.08. The molecule has 26 heavy (non-hydrogen) atoms. The predicted molar refractivity (Wildman–Crippen MR) is 89.3 cm³/mol. The average Bonchev–Trinajstić information content (AvgIpc) is 2.91. The minimum atomic E-state index is -4.57. The van der Waals surface area contributed by atoms with E-state index in [4.69, 9.17) is 10.5 Å². The minimum Gasteiger partial charge on any atom is -0.422 e. The average molecular weight is 380 g/mol. The third-order valence-electron chi connectivity index (χ3n) is 3.61. The second-order valence-corrected chi connectivity index (χ2v) is 6.38. The Morgan fingerprint density at radius 3 is 2.58 bits per heavy atom. The summed E-state index contributed by atoms with van der Waals surface area (Å²) in [5.74, 6) is -1.32. The Labute approximate surface area is 149 Å². The summed E-state index contributed by atoms with van der Waals surface area (Å²) in [6.07, 6.45) is -4.57. The van der Waals surface area contributed by atoms with E-state index in [1.165, 1.54) is 30.3 Å². The van der Waals surface area contributed by atoms with Crippen LogP contribution in [0.5, 0.6) is 5.75 Å². The number of pyridine rings is 1. The highest BCUT2D eigenvalue weighted by molar-refractivity contribution is 7.20. The molecule has 2 N–H and O–H groups in total. The van der Waals surface area contributed by atoms with Crippen LogP contribution in [0.25, 0.3) is 10.2 Å². The minimum absolute atomic E-state index is 0.0927. The van der Waals surface area contributed by atoms with Crippen molar-refractivity contribution in [3.63, 3.8) is 0 Å². The van der Waals surface area contributed by atoms with Crippen LogP contribution in [0, 0.1) is 6.92 Å². The molecule has 1 aromatic carbocycles. The number of fused-ring (bicyclic) bond motifs is 1. The number of aryl methyl sites for hydroxylation is 1. The van der Waals surface area contributed by atoms with Gasteiger partial charge in [-0.05, 0) is 42.8 Å². The number of benzene rings is 1. The highest BCUT2D eigenvalue weighted by atomic mass is 32.1. The molecule has 2 aromatic heterocycles. The largest absolute Gasteiger partial charge is 0.433 e. The lowest BCUT2D eigenvalue weighted by Gasteiger charge is -2.05. The SMILES string of the molecule is Cc1c(C(=O)Oc2cccc(C(N)=O)c2)sc2nc(C(F)(F)F)ccc12. The third kappa shape index (κ3) is 3.38. The Morgan fingerprint density at radius 1 is 1.19 bits per heavy atom. The van der Waals surface area contributed by atoms with Crippen molar-refractivity contribution in [3.8, 4) is 5.75 Å². The molecule has 0 saturated carbocycles. The van der Waals surface area contributed by atoms with E-state index in [9.17, 15) is 22.8 Å². The summed E-state index contributed by atoms with van der Waals surface area (Å²) >= 11 is 0.815. The van der Waals surface area contributed by atoms with Crippen LogP contribution in [-0.4, -0.2) is 16.9 Å². The lowest BCUT2D eigenvalue weighted by atomic mass is 10.2. The van der Waals surface area contributed by atoms with Crippen LogP contribution < -0.4 is 10.5 Å². The van der Waals surface area contributed by atoms with Gasteiger partial charge in [-0.2, -0.15) is 13.2 Å². The maximum atomic E-state index is 12.8. The van der Waals surface area contributed by atoms with E-state index < -0.39 is 23.7 Å². The molecule has 0 atom stereocenters. The predicted octanol–water partition coefficient (Wildman–Crippen LogP) is 3.94. The van der Waals surface area contributed by atoms with E-state index in [-0.39, 0.29) is 21.0 Å². The lowest BCUT2D eigenvalue weighted by Crippen LogP contribution is -2.12. The van der Waals surface area contributed by atoms with Gasteiger partial charge in [0.15, 0.2) is 0 Å². The number of nitrogens with zero attached hydrogens (tertiary/aromatic N) is 1. The molecule has 0 aliphatic carbocycles. The topological polar surface area (TPSA) is 82.3 Å². The van der Waals surface area contributed by atoms with Gasteiger partial charge in [0.05, 0.1) is 0 Å². The van der Waals surface area contributed by atoms with Crippen LogP contribution in [0.15, 0.2) is 36.4 Å². The van der Waals surface area contributed by atoms with E-state index >= 15 is 0 Å². The normalized spacial score (nSPS) is 11.5. The maximum absolute atomic E-state index is 12.8. The van der Waals surface area contributed by atoms with Crippen molar-refractivity contribution < 1.29 is 27.5 Å². The highest BCUT2D eigenvalue weighted by Crippen LogP contribution is 2.34. The standard InChI is InChI=1S/C17H11F3N2O3S/c1-8-11-5-6-12(17(18,19)20)22-15(11)26-13(8)16(24)25-10-4-2-3-9(7-10)14(21)23/h2-7H,1H3,(H2,21,23). The number of thiophene rings is 1. The molecular weight excluding hydrogens is 369 g/mol. The van der Waals surface area contributed by atoms with Crippen LogP contribution in [0.3, 0.4) is 0 Å². The smallest absolute Gasteiger partial charge is 0.422 e. The fraction of sp³-hybridized carbons (Fsp3) is 0.118. The van der Waals surface area contributed by atoms with Gasteiger partial charge in [0.25, 0.3) is 0 Å². The molecule has 2 heterocycles. The summed E-state index contributed by atoms with van der Waals surface area (Å²) in [5, 5.41) is 0.445. The zero-order valence-electron chi connectivity index (χ0n) is 13.3. The van der Waals surface area contributed by atoms with Crippen molar-refractivity contribution >= 4 is 33.4 Å². The monoisotopic (exact) mass is 380 g/mol. The van der Waals surface area contributed by atoms with Gasteiger partial charge in [-0.3, -0.25) is 4.79 Å². The summed E-state index contributed by atoms with van der Waals surface area (Å²) in [6, 6.07) is 7.88. The van der Waals surface area contributed by atoms with Crippen LogP contribution in [-0.2, 0) is 6.18 Å². The molecule has 0 fully saturated rings. The molecular formula is C17H11F3N2O3S. The van der Waals surface area contributed by atoms with E-state index in [1.807, 2.05) is 0 Å². The molecule has 0 aliphatic rings. The van der Waals surface area contributed by atoms with Crippen LogP contribution in [0.2, 0.25) is 0 Å². The second-order valence-electron chi connectivity index (χ2n) is 5.38. The van der Waals surface area contributed by atoms with Crippen LogP contribution >= 0.6 is 11.3 Å². The number of carbonyl (C=O) groups is 2. The Kier molecular flexibility index (Phi) is 4.41. The van der Waals surface area contributed by atoms with Crippen molar-refractivity contribution in [2.75, 3.05) is 0 Å². The van der Waals surface area contributed by atoms with Crippen LogP contribution in [0.4, 0.5) is 13.2 Å². The summed E-state index contributed by atoms with van der Waals surface area (Å²) in [4.78, 5) is 27.4. The van der Waals surface area contributed by atoms with Gasteiger partial charge in [0, 0.05) is 10.9 Å². The maximum Gasteiger partial charge on any atom is 0.433 e. The summed E-state index contributed by atoms with van der Waals surface area (Å²) in [5.41, 5.74) is 4.78. The first kappa shape index (κ1) is 17.9. The van der Waals surface area contributed by atoms with E-state index in [1.54, 1.807) is 6.92 Å². The van der Waals surface area contributed by atoms with Crippen LogP contribution in [0.1, 0.15) is 31.3 Å². The molecule has 134 valence electrons. The summed E-state index contributed by atoms with van der Waals surface area (Å²) in [6.45, 7) is 1.60. The van der Waals surface area contributed by atoms with Gasteiger partial charge in [0.2, 0.25) is 5.91 Å². The van der Waals surface area contributed by atoms with Crippen molar-refractivity contribution in [1.29, 1.82) is 0 Å². The molecule has 0 bridgehead atoms. The van der Waals surface area contributed by atoms with E-state index in [0.717, 1.165) is 17.4 Å². The molecule has 3 rings (SSSR count). The number of amides is 1. The Morgan fingerprint density at radius 2 is 1.92 bits per heavy atom. The number of esters is 1. The molecule has 0 spiro atoms. The highest BCUT2D eigenvalue weighted by Gasteiger charge is 2.33. The number of primary amides is 1. The number of aromatic nitrogens is 1. The van der Waals surface area contributed by atoms with Gasteiger partial charge in [-0.25, -0.2) is 9.78 Å². The number of hydrogen-bond donors (Lipinski definition) is 1. The van der Waals surface area contributed by atoms with Crippen molar-refractivity contribution in [3.05, 3.63) is 58.1 Å². The fourth-order valence-electron chi connectivity index (χ4n) is 2.32. The zero-order valence-corrected chi connectivity index (χ0v) is 14.1. The molecule has 1 amide bonds. The second kappa shape index (κ2) is 6.41. The number of ether oxygens (including phenoxy) is 1. The fourth-order valence-corrected chi connectivity index (χ4v) is 3.37. The van der Waals surface area contributed by atoms with Gasteiger partial charge in [-0.15, -0.1) is 11.3 Å². The molecule has 9 heteroatoms. The number of alkyl halides is 3. The molecule has 0 radical (unpaired) electrons. The zero-order chi connectivity index (χ0) is 19.1. The number of nitrogens with two attached hydrogens (primary N) is 1. The van der Waals surface area contributed by atoms with Crippen molar-refractivity contribution in [2.45, 2.75) is 13.1 Å². The number of carbonyl (C=O) groups excluding carboxylic acids is 2. The van der Waals surface area contributed by atoms with Crippen molar-refractivity contribution in [2.24, 2.45) is 5.73 Å². The van der Waals surface area contributed by atoms with Gasteiger partial charge < -0.3 is 10.5 Å². The number of halogens is 3. The number of rotatable bonds is 3. The van der Waals surface area contributed by atoms with Gasteiger partial charge >= 0.3 is 12.1 Å². The summed E-state index contributed by atoms with van der Waals surface area (Å²) < 4.78 is 43.6. The molecule has 0 saturated heterocycles. The van der Waals surface area contributed by atoms with E-state index in [2.05, 4.69) is 4.98 Å². The third-order valence-corrected chi connectivity index (χ3v) is 4.79. The number of hydrogen-bond acceptors (Lipinski definition) is 5. The van der Waals surface area contributed by atoms with Crippen molar-refractivity contribution in [1.82, 2.24) is 4.98 Å². The molecule has 3 aromatic rings. The molecule has 0 unspecified atom stereocenters. The molecule has 5 nitrogen and oxygen atoms in total.